The van der Waals surface area contributed by atoms with Gasteiger partial charge >= 0.3 is 0 Å². The molecule has 0 aliphatic heterocycles. The number of rotatable bonds is 3. The van der Waals surface area contributed by atoms with Crippen LogP contribution in [0.3, 0.4) is 0 Å². The third kappa shape index (κ3) is 3.20. The summed E-state index contributed by atoms with van der Waals surface area (Å²) in [5.74, 6) is -0.686. The normalized spacial score (nSPS) is 11.4. The molecule has 1 aromatic carbocycles. The maximum Gasteiger partial charge on any atom is 0.261 e. The number of pyridine rings is 1. The number of hydrogen-bond acceptors (Lipinski definition) is 3. The average Bonchev–Trinajstić information content (AvgIpc) is 2.37. The lowest BCUT2D eigenvalue weighted by Gasteiger charge is -2.09. The van der Waals surface area contributed by atoms with Gasteiger partial charge in [0.2, 0.25) is 0 Å². The van der Waals surface area contributed by atoms with Gasteiger partial charge in [0.25, 0.3) is 10.0 Å². The second-order valence-electron chi connectivity index (χ2n) is 4.01. The highest BCUT2D eigenvalue weighted by molar-refractivity contribution is 7.92. The molecule has 106 valence electrons. The number of nitrogens with one attached hydrogen (secondary N) is 1. The highest BCUT2D eigenvalue weighted by atomic mass is 35.5. The van der Waals surface area contributed by atoms with E-state index < -0.39 is 15.8 Å². The lowest BCUT2D eigenvalue weighted by atomic mass is 10.3. The van der Waals surface area contributed by atoms with Gasteiger partial charge in [0.05, 0.1) is 21.8 Å². The van der Waals surface area contributed by atoms with Gasteiger partial charge < -0.3 is 0 Å². The zero-order valence-corrected chi connectivity index (χ0v) is 12.5. The van der Waals surface area contributed by atoms with E-state index in [0.717, 1.165) is 18.2 Å². The fourth-order valence-electron chi connectivity index (χ4n) is 1.47. The van der Waals surface area contributed by atoms with Crippen LogP contribution in [-0.2, 0) is 10.0 Å². The molecule has 1 heterocycles. The number of aryl methyl sites for hydroxylation is 1. The Balaban J connectivity index is 2.35. The molecule has 0 saturated heterocycles. The monoisotopic (exact) mass is 334 g/mol. The lowest BCUT2D eigenvalue weighted by Crippen LogP contribution is -2.13. The molecule has 0 aliphatic rings. The van der Waals surface area contributed by atoms with E-state index in [1.165, 1.54) is 12.3 Å². The summed E-state index contributed by atoms with van der Waals surface area (Å²) < 4.78 is 39.6. The first kappa shape index (κ1) is 15.0. The average molecular weight is 335 g/mol. The van der Waals surface area contributed by atoms with Gasteiger partial charge in [-0.15, -0.1) is 0 Å². The summed E-state index contributed by atoms with van der Waals surface area (Å²) >= 11 is 11.3. The Kier molecular flexibility index (Phi) is 4.17. The van der Waals surface area contributed by atoms with Crippen molar-refractivity contribution in [1.82, 2.24) is 4.98 Å². The van der Waals surface area contributed by atoms with Crippen molar-refractivity contribution in [2.75, 3.05) is 4.72 Å². The highest BCUT2D eigenvalue weighted by Crippen LogP contribution is 2.23. The molecule has 2 aromatic rings. The van der Waals surface area contributed by atoms with Crippen molar-refractivity contribution in [3.8, 4) is 0 Å². The molecule has 0 bridgehead atoms. The third-order valence-electron chi connectivity index (χ3n) is 2.47. The van der Waals surface area contributed by atoms with Crippen LogP contribution in [0.1, 0.15) is 5.56 Å². The molecule has 0 aliphatic carbocycles. The van der Waals surface area contributed by atoms with Crippen molar-refractivity contribution in [2.24, 2.45) is 0 Å². The lowest BCUT2D eigenvalue weighted by molar-refractivity contribution is 0.599. The van der Waals surface area contributed by atoms with Crippen molar-refractivity contribution < 1.29 is 12.8 Å². The molecule has 2 rings (SSSR count). The van der Waals surface area contributed by atoms with Crippen LogP contribution in [0.5, 0.6) is 0 Å². The number of hydrogen-bond donors (Lipinski definition) is 1. The number of sulfonamides is 1. The Morgan fingerprint density at radius 2 is 1.95 bits per heavy atom. The summed E-state index contributed by atoms with van der Waals surface area (Å²) in [4.78, 5) is 3.70. The number of anilines is 1. The maximum atomic E-state index is 13.0. The Bertz CT molecular complexity index is 766. The van der Waals surface area contributed by atoms with Gasteiger partial charge in [-0.3, -0.25) is 4.72 Å². The predicted molar refractivity (Wildman–Crippen MR) is 76.2 cm³/mol. The van der Waals surface area contributed by atoms with E-state index >= 15 is 0 Å². The van der Waals surface area contributed by atoms with Crippen molar-refractivity contribution in [3.63, 3.8) is 0 Å². The first-order chi connectivity index (χ1) is 9.29. The zero-order valence-electron chi connectivity index (χ0n) is 10.2. The van der Waals surface area contributed by atoms with Crippen LogP contribution in [0.4, 0.5) is 10.1 Å². The Morgan fingerprint density at radius 1 is 1.25 bits per heavy atom. The van der Waals surface area contributed by atoms with Crippen LogP contribution in [0.2, 0.25) is 10.2 Å². The Morgan fingerprint density at radius 3 is 2.55 bits per heavy atom. The molecule has 1 aromatic heterocycles. The van der Waals surface area contributed by atoms with E-state index in [0.29, 0.717) is 5.56 Å². The number of aromatic nitrogens is 1. The van der Waals surface area contributed by atoms with Crippen molar-refractivity contribution in [2.45, 2.75) is 11.8 Å². The summed E-state index contributed by atoms with van der Waals surface area (Å²) in [7, 11) is -3.87. The van der Waals surface area contributed by atoms with Gasteiger partial charge in [0, 0.05) is 0 Å². The minimum absolute atomic E-state index is 0.142. The van der Waals surface area contributed by atoms with Crippen molar-refractivity contribution >= 4 is 38.9 Å². The molecule has 0 unspecified atom stereocenters. The van der Waals surface area contributed by atoms with Gasteiger partial charge in [-0.25, -0.2) is 17.8 Å². The predicted octanol–water partition coefficient (Wildman–Crippen LogP) is 3.64. The van der Waals surface area contributed by atoms with Gasteiger partial charge in [-0.05, 0) is 36.8 Å². The van der Waals surface area contributed by atoms with E-state index in [1.54, 1.807) is 6.92 Å². The van der Waals surface area contributed by atoms with E-state index in [2.05, 4.69) is 9.71 Å². The molecule has 1 N–H and O–H groups in total. The van der Waals surface area contributed by atoms with E-state index in [9.17, 15) is 12.8 Å². The SMILES string of the molecule is Cc1cc(NS(=O)(=O)c2ccc(F)c(Cl)c2)cnc1Cl. The summed E-state index contributed by atoms with van der Waals surface area (Å²) in [6.07, 6.45) is 1.29. The fourth-order valence-corrected chi connectivity index (χ4v) is 2.88. The van der Waals surface area contributed by atoms with Gasteiger partial charge in [-0.1, -0.05) is 23.2 Å². The molecule has 0 atom stereocenters. The zero-order chi connectivity index (χ0) is 14.9. The largest absolute Gasteiger partial charge is 0.278 e. The van der Waals surface area contributed by atoms with Crippen LogP contribution in [0, 0.1) is 12.7 Å². The van der Waals surface area contributed by atoms with E-state index in [4.69, 9.17) is 23.2 Å². The van der Waals surface area contributed by atoms with Crippen LogP contribution in [-0.4, -0.2) is 13.4 Å². The minimum atomic E-state index is -3.87. The maximum absolute atomic E-state index is 13.0. The van der Waals surface area contributed by atoms with Crippen LogP contribution in [0.25, 0.3) is 0 Å². The number of benzene rings is 1. The number of halogens is 3. The van der Waals surface area contributed by atoms with Gasteiger partial charge in [0.15, 0.2) is 0 Å². The molecule has 0 radical (unpaired) electrons. The Labute approximate surface area is 125 Å². The molecule has 4 nitrogen and oxygen atoms in total. The first-order valence-corrected chi connectivity index (χ1v) is 7.63. The topological polar surface area (TPSA) is 59.1 Å². The van der Waals surface area contributed by atoms with Crippen molar-refractivity contribution in [1.29, 1.82) is 0 Å². The quantitative estimate of drug-likeness (QED) is 0.872. The molecule has 0 fully saturated rings. The van der Waals surface area contributed by atoms with Gasteiger partial charge in [-0.2, -0.15) is 0 Å². The highest BCUT2D eigenvalue weighted by Gasteiger charge is 2.16. The number of nitrogens with zero attached hydrogens (tertiary/aromatic N) is 1. The molecule has 20 heavy (non-hydrogen) atoms. The standard InChI is InChI=1S/C12H9Cl2FN2O2S/c1-7-4-8(6-16-12(7)14)17-20(18,19)9-2-3-11(15)10(13)5-9/h2-6,17H,1H3. The molecule has 8 heteroatoms. The molecule has 0 amide bonds. The second-order valence-corrected chi connectivity index (χ2v) is 6.46. The van der Waals surface area contributed by atoms with Crippen LogP contribution in [0.15, 0.2) is 35.4 Å². The fraction of sp³-hybridized carbons (Fsp3) is 0.0833. The van der Waals surface area contributed by atoms with Gasteiger partial charge in [0.1, 0.15) is 11.0 Å². The summed E-state index contributed by atoms with van der Waals surface area (Å²) in [5, 5.41) is 0.0241. The Hall–Kier alpha value is -1.37. The summed E-state index contributed by atoms with van der Waals surface area (Å²) in [5.41, 5.74) is 0.886. The molecule has 0 spiro atoms. The van der Waals surface area contributed by atoms with E-state index in [1.807, 2.05) is 0 Å². The van der Waals surface area contributed by atoms with Crippen LogP contribution >= 0.6 is 23.2 Å². The molecular formula is C12H9Cl2FN2O2S. The second kappa shape index (κ2) is 5.55. The van der Waals surface area contributed by atoms with Crippen molar-refractivity contribution in [3.05, 3.63) is 52.0 Å². The van der Waals surface area contributed by atoms with Crippen LogP contribution < -0.4 is 4.72 Å². The van der Waals surface area contributed by atoms with E-state index in [-0.39, 0.29) is 20.8 Å². The smallest absolute Gasteiger partial charge is 0.261 e. The third-order valence-corrected chi connectivity index (χ3v) is 4.53. The summed E-state index contributed by atoms with van der Waals surface area (Å²) in [6, 6.07) is 4.69. The summed E-state index contributed by atoms with van der Waals surface area (Å²) in [6.45, 7) is 1.70. The molecular weight excluding hydrogens is 326 g/mol. The molecule has 0 saturated carbocycles. The minimum Gasteiger partial charge on any atom is -0.278 e. The first-order valence-electron chi connectivity index (χ1n) is 5.39.